The van der Waals surface area contributed by atoms with E-state index in [0.29, 0.717) is 12.2 Å². The van der Waals surface area contributed by atoms with E-state index in [2.05, 4.69) is 4.98 Å². The van der Waals surface area contributed by atoms with Gasteiger partial charge in [-0.2, -0.15) is 0 Å². The monoisotopic (exact) mass is 322 g/mol. The number of aromatic nitrogens is 1. The van der Waals surface area contributed by atoms with Crippen LogP contribution < -0.4 is 0 Å². The van der Waals surface area contributed by atoms with Crippen molar-refractivity contribution in [2.24, 2.45) is 0 Å². The number of aliphatic carboxylic acids is 1. The fourth-order valence-corrected chi connectivity index (χ4v) is 3.67. The second-order valence-electron chi connectivity index (χ2n) is 6.32. The normalized spacial score (nSPS) is 17.7. The number of H-pyrrole nitrogens is 1. The number of hydrogen-bond donors (Lipinski definition) is 2. The SMILES string of the molecule is O=C(O)CC1CCCN1C(=O)c1cc2c(ccc3ccccc32)[nH]1. The molecule has 1 unspecified atom stereocenters. The summed E-state index contributed by atoms with van der Waals surface area (Å²) in [7, 11) is 0. The van der Waals surface area contributed by atoms with Gasteiger partial charge in [-0.15, -0.1) is 0 Å². The third-order valence-electron chi connectivity index (χ3n) is 4.81. The van der Waals surface area contributed by atoms with Crippen LogP contribution >= 0.6 is 0 Å². The number of hydrogen-bond acceptors (Lipinski definition) is 2. The average Bonchev–Trinajstić information content (AvgIpc) is 3.20. The van der Waals surface area contributed by atoms with Crippen molar-refractivity contribution in [3.8, 4) is 0 Å². The highest BCUT2D eigenvalue weighted by Gasteiger charge is 2.31. The number of rotatable bonds is 3. The summed E-state index contributed by atoms with van der Waals surface area (Å²) in [5, 5.41) is 12.3. The number of nitrogens with one attached hydrogen (secondary N) is 1. The van der Waals surface area contributed by atoms with Gasteiger partial charge in [0, 0.05) is 23.5 Å². The molecule has 1 atom stereocenters. The molecule has 1 fully saturated rings. The first-order valence-corrected chi connectivity index (χ1v) is 8.17. The lowest BCUT2D eigenvalue weighted by Gasteiger charge is -2.22. The standard InChI is InChI=1S/C19H18N2O3/c22-18(23)10-13-5-3-9-21(13)19(24)17-11-15-14-6-2-1-4-12(14)7-8-16(15)20-17/h1-2,4,6-8,11,13,20H,3,5,9-10H2,(H,22,23). The summed E-state index contributed by atoms with van der Waals surface area (Å²) in [6.07, 6.45) is 1.61. The van der Waals surface area contributed by atoms with Gasteiger partial charge in [-0.05, 0) is 35.7 Å². The molecule has 0 spiro atoms. The molecule has 24 heavy (non-hydrogen) atoms. The van der Waals surface area contributed by atoms with Gasteiger partial charge in [0.05, 0.1) is 6.42 Å². The number of aromatic amines is 1. The number of carboxylic acids is 1. The Morgan fingerprint density at radius 2 is 2.00 bits per heavy atom. The van der Waals surface area contributed by atoms with E-state index in [1.807, 2.05) is 42.5 Å². The maximum Gasteiger partial charge on any atom is 0.305 e. The molecule has 1 saturated heterocycles. The molecule has 1 aliphatic heterocycles. The molecule has 2 heterocycles. The lowest BCUT2D eigenvalue weighted by molar-refractivity contribution is -0.137. The van der Waals surface area contributed by atoms with Gasteiger partial charge in [0.1, 0.15) is 5.69 Å². The maximum absolute atomic E-state index is 12.8. The molecule has 5 nitrogen and oxygen atoms in total. The van der Waals surface area contributed by atoms with E-state index in [1.165, 1.54) is 0 Å². The van der Waals surface area contributed by atoms with Gasteiger partial charge >= 0.3 is 5.97 Å². The highest BCUT2D eigenvalue weighted by Crippen LogP contribution is 2.28. The lowest BCUT2D eigenvalue weighted by atomic mass is 10.1. The van der Waals surface area contributed by atoms with Crippen molar-refractivity contribution >= 4 is 33.6 Å². The number of fused-ring (bicyclic) bond motifs is 3. The minimum absolute atomic E-state index is 0.00883. The highest BCUT2D eigenvalue weighted by molar-refractivity contribution is 6.09. The summed E-state index contributed by atoms with van der Waals surface area (Å²) < 4.78 is 0. The number of nitrogens with zero attached hydrogens (tertiary/aromatic N) is 1. The smallest absolute Gasteiger partial charge is 0.305 e. The van der Waals surface area contributed by atoms with E-state index in [1.54, 1.807) is 4.90 Å². The molecule has 4 rings (SSSR count). The van der Waals surface area contributed by atoms with Crippen LogP contribution in [0.1, 0.15) is 29.8 Å². The third kappa shape index (κ3) is 2.42. The van der Waals surface area contributed by atoms with Gasteiger partial charge in [0.25, 0.3) is 5.91 Å². The van der Waals surface area contributed by atoms with Crippen LogP contribution in [0.4, 0.5) is 0 Å². The lowest BCUT2D eigenvalue weighted by Crippen LogP contribution is -2.37. The third-order valence-corrected chi connectivity index (χ3v) is 4.81. The van der Waals surface area contributed by atoms with Crippen molar-refractivity contribution in [1.82, 2.24) is 9.88 Å². The molecule has 0 aliphatic carbocycles. The second kappa shape index (κ2) is 5.67. The summed E-state index contributed by atoms with van der Waals surface area (Å²) in [5.41, 5.74) is 1.45. The first-order chi connectivity index (χ1) is 11.6. The Morgan fingerprint density at radius 3 is 2.83 bits per heavy atom. The summed E-state index contributed by atoms with van der Waals surface area (Å²) in [4.78, 5) is 28.7. The molecule has 0 saturated carbocycles. The van der Waals surface area contributed by atoms with Gasteiger partial charge in [0.2, 0.25) is 0 Å². The van der Waals surface area contributed by atoms with Crippen LogP contribution in [0.3, 0.4) is 0 Å². The minimum atomic E-state index is -0.859. The fourth-order valence-electron chi connectivity index (χ4n) is 3.67. The first kappa shape index (κ1) is 14.8. The summed E-state index contributed by atoms with van der Waals surface area (Å²) in [5.74, 6) is -0.971. The van der Waals surface area contributed by atoms with Crippen molar-refractivity contribution in [1.29, 1.82) is 0 Å². The van der Waals surface area contributed by atoms with Crippen LogP contribution in [-0.2, 0) is 4.79 Å². The number of benzene rings is 2. The van der Waals surface area contributed by atoms with Crippen molar-refractivity contribution in [3.05, 3.63) is 48.2 Å². The maximum atomic E-state index is 12.8. The Labute approximate surface area is 138 Å². The van der Waals surface area contributed by atoms with E-state index in [9.17, 15) is 9.59 Å². The molecule has 0 radical (unpaired) electrons. The van der Waals surface area contributed by atoms with E-state index >= 15 is 0 Å². The Kier molecular flexibility index (Phi) is 3.49. The average molecular weight is 322 g/mol. The molecule has 122 valence electrons. The van der Waals surface area contributed by atoms with Crippen LogP contribution in [0.5, 0.6) is 0 Å². The number of carboxylic acid groups (broad SMARTS) is 1. The summed E-state index contributed by atoms with van der Waals surface area (Å²) in [6.45, 7) is 0.618. The Hall–Kier alpha value is -2.82. The van der Waals surface area contributed by atoms with Crippen molar-refractivity contribution in [2.75, 3.05) is 6.54 Å². The molecule has 2 N–H and O–H groups in total. The Bertz CT molecular complexity index is 944. The Balaban J connectivity index is 1.72. The zero-order valence-corrected chi connectivity index (χ0v) is 13.2. The predicted molar refractivity (Wildman–Crippen MR) is 92.1 cm³/mol. The molecule has 1 aliphatic rings. The van der Waals surface area contributed by atoms with Crippen molar-refractivity contribution in [2.45, 2.75) is 25.3 Å². The quantitative estimate of drug-likeness (QED) is 0.776. The molecule has 2 aromatic carbocycles. The molecule has 0 bridgehead atoms. The molecule has 1 aromatic heterocycles. The van der Waals surface area contributed by atoms with Crippen LogP contribution in [-0.4, -0.2) is 39.5 Å². The summed E-state index contributed by atoms with van der Waals surface area (Å²) >= 11 is 0. The van der Waals surface area contributed by atoms with Crippen LogP contribution in [0, 0.1) is 0 Å². The van der Waals surface area contributed by atoms with Crippen LogP contribution in [0.2, 0.25) is 0 Å². The molecule has 5 heteroatoms. The van der Waals surface area contributed by atoms with E-state index in [0.717, 1.165) is 34.5 Å². The number of carbonyl (C=O) groups is 2. The minimum Gasteiger partial charge on any atom is -0.481 e. The van der Waals surface area contributed by atoms with Crippen LogP contribution in [0.15, 0.2) is 42.5 Å². The largest absolute Gasteiger partial charge is 0.481 e. The number of likely N-dealkylation sites (tertiary alicyclic amines) is 1. The highest BCUT2D eigenvalue weighted by atomic mass is 16.4. The first-order valence-electron chi connectivity index (χ1n) is 8.17. The second-order valence-corrected chi connectivity index (χ2v) is 6.32. The molecule has 3 aromatic rings. The van der Waals surface area contributed by atoms with Gasteiger partial charge in [0.15, 0.2) is 0 Å². The van der Waals surface area contributed by atoms with Gasteiger partial charge in [-0.25, -0.2) is 0 Å². The van der Waals surface area contributed by atoms with Crippen molar-refractivity contribution in [3.63, 3.8) is 0 Å². The van der Waals surface area contributed by atoms with E-state index in [-0.39, 0.29) is 18.4 Å². The summed E-state index contributed by atoms with van der Waals surface area (Å²) in [6, 6.07) is 13.8. The van der Waals surface area contributed by atoms with Crippen LogP contribution in [0.25, 0.3) is 21.7 Å². The zero-order valence-electron chi connectivity index (χ0n) is 13.2. The molecular weight excluding hydrogens is 304 g/mol. The van der Waals surface area contributed by atoms with Gasteiger partial charge in [-0.3, -0.25) is 9.59 Å². The van der Waals surface area contributed by atoms with E-state index in [4.69, 9.17) is 5.11 Å². The molecule has 1 amide bonds. The van der Waals surface area contributed by atoms with E-state index < -0.39 is 5.97 Å². The number of amides is 1. The zero-order chi connectivity index (χ0) is 16.7. The number of carbonyl (C=O) groups excluding carboxylic acids is 1. The topological polar surface area (TPSA) is 73.4 Å². The Morgan fingerprint density at radius 1 is 1.17 bits per heavy atom. The van der Waals surface area contributed by atoms with Gasteiger partial charge in [-0.1, -0.05) is 30.3 Å². The van der Waals surface area contributed by atoms with Gasteiger partial charge < -0.3 is 15.0 Å². The fraction of sp³-hybridized carbons (Fsp3) is 0.263. The molecular formula is C19H18N2O3. The predicted octanol–water partition coefficient (Wildman–Crippen LogP) is 3.40. The van der Waals surface area contributed by atoms with Crippen molar-refractivity contribution < 1.29 is 14.7 Å².